The molecule has 72 heavy (non-hydrogen) atoms. The van der Waals surface area contributed by atoms with Crippen molar-refractivity contribution in [2.24, 2.45) is 11.8 Å². The Morgan fingerprint density at radius 1 is 0.597 bits per heavy atom. The molecule has 9 rings (SSSR count). The van der Waals surface area contributed by atoms with E-state index in [-0.39, 0.29) is 42.1 Å². The fourth-order valence-corrected chi connectivity index (χ4v) is 8.82. The molecule has 11 nitrogen and oxygen atoms in total. The van der Waals surface area contributed by atoms with Crippen molar-refractivity contribution in [3.8, 4) is 0 Å². The molecule has 0 fully saturated rings. The maximum Gasteiger partial charge on any atom is 1.00 e. The third-order valence-corrected chi connectivity index (χ3v) is 11.9. The molecule has 6 aromatic carbocycles. The summed E-state index contributed by atoms with van der Waals surface area (Å²) in [6.45, 7) is 14.9. The van der Waals surface area contributed by atoms with Gasteiger partial charge in [-0.25, -0.2) is 14.8 Å². The van der Waals surface area contributed by atoms with E-state index in [1.807, 2.05) is 89.8 Å². The molecule has 8 aromatic rings. The summed E-state index contributed by atoms with van der Waals surface area (Å²) in [5.74, 6) is 2.58. The van der Waals surface area contributed by atoms with Crippen molar-refractivity contribution >= 4 is 62.5 Å². The minimum atomic E-state index is -0.497. The van der Waals surface area contributed by atoms with Crippen LogP contribution in [0.1, 0.15) is 62.4 Å². The first-order valence-electron chi connectivity index (χ1n) is 24.5. The molecule has 3 heterocycles. The van der Waals surface area contributed by atoms with Crippen LogP contribution in [0.25, 0.3) is 21.8 Å². The number of fused-ring (bicyclic) bond motifs is 4. The van der Waals surface area contributed by atoms with Crippen LogP contribution in [-0.4, -0.2) is 48.8 Å². The summed E-state index contributed by atoms with van der Waals surface area (Å²) >= 11 is 0. The molecule has 2 amide bonds. The number of aromatic nitrogens is 2. The van der Waals surface area contributed by atoms with Crippen LogP contribution < -0.4 is 60.0 Å². The van der Waals surface area contributed by atoms with Crippen molar-refractivity contribution in [3.05, 3.63) is 198 Å². The van der Waals surface area contributed by atoms with Gasteiger partial charge in [-0.15, -0.1) is 0 Å². The van der Waals surface area contributed by atoms with Crippen LogP contribution in [0.4, 0.5) is 33.5 Å². The SMILES string of the molecule is CC(C)CN1C(=O)Cc2c(N(Cc3ccccc3)Cc3ccccc3)nc3ccccc3c21.CCOC(=O)Nc1c(N(Cc2ccccc2)Cc2ccccc2)nc2ccccc2c1NCC(C)C.C[O-].[Na+]. The molecular formula is C60H66N7NaO4. The fourth-order valence-electron chi connectivity index (χ4n) is 8.82. The van der Waals surface area contributed by atoms with Gasteiger partial charge in [0.25, 0.3) is 0 Å². The zero-order valence-electron chi connectivity index (χ0n) is 42.8. The average Bonchev–Trinajstić information content (AvgIpc) is 3.71. The van der Waals surface area contributed by atoms with Crippen molar-refractivity contribution in [2.45, 2.75) is 67.2 Å². The summed E-state index contributed by atoms with van der Waals surface area (Å²) in [4.78, 5) is 42.6. The Kier molecular flexibility index (Phi) is 20.6. The Morgan fingerprint density at radius 3 is 1.47 bits per heavy atom. The summed E-state index contributed by atoms with van der Waals surface area (Å²) in [7, 11) is 0.750. The number of anilines is 5. The Balaban J connectivity index is 0.000000225. The van der Waals surface area contributed by atoms with Crippen molar-refractivity contribution in [3.63, 3.8) is 0 Å². The molecular weight excluding hydrogens is 906 g/mol. The first-order chi connectivity index (χ1) is 34.6. The average molecular weight is 972 g/mol. The molecule has 366 valence electrons. The normalized spacial score (nSPS) is 11.5. The summed E-state index contributed by atoms with van der Waals surface area (Å²) in [6.07, 6.45) is -0.0993. The van der Waals surface area contributed by atoms with Gasteiger partial charge in [0.2, 0.25) is 5.91 Å². The zero-order valence-corrected chi connectivity index (χ0v) is 44.8. The third-order valence-electron chi connectivity index (χ3n) is 11.9. The van der Waals surface area contributed by atoms with E-state index in [2.05, 4.69) is 133 Å². The van der Waals surface area contributed by atoms with Crippen LogP contribution in [0.15, 0.2) is 170 Å². The number of hydrogen-bond donors (Lipinski definition) is 2. The van der Waals surface area contributed by atoms with Gasteiger partial charge in [0.05, 0.1) is 35.4 Å². The molecule has 1 aliphatic heterocycles. The Bertz CT molecular complexity index is 2880. The minimum Gasteiger partial charge on any atom is -0.857 e. The van der Waals surface area contributed by atoms with E-state index in [9.17, 15) is 9.59 Å². The van der Waals surface area contributed by atoms with Crippen LogP contribution in [0.3, 0.4) is 0 Å². The summed E-state index contributed by atoms with van der Waals surface area (Å²) in [5, 5.41) is 16.9. The quantitative estimate of drug-likeness (QED) is 0.0861. The fraction of sp³-hybridized carbons (Fsp3) is 0.267. The van der Waals surface area contributed by atoms with Gasteiger partial charge in [0.1, 0.15) is 11.5 Å². The number of para-hydroxylation sites is 2. The number of carbonyl (C=O) groups excluding carboxylic acids is 2. The molecule has 2 N–H and O–H groups in total. The van der Waals surface area contributed by atoms with Crippen LogP contribution in [0.5, 0.6) is 0 Å². The topological polar surface area (TPSA) is 126 Å². The van der Waals surface area contributed by atoms with Crippen LogP contribution >= 0.6 is 0 Å². The number of hydrogen-bond acceptors (Lipinski definition) is 9. The Hall–Kier alpha value is -6.76. The number of amides is 2. The van der Waals surface area contributed by atoms with Crippen LogP contribution in [-0.2, 0) is 42.1 Å². The summed E-state index contributed by atoms with van der Waals surface area (Å²) in [5.41, 5.74) is 10.1. The van der Waals surface area contributed by atoms with Crippen molar-refractivity contribution < 1.29 is 49.0 Å². The van der Waals surface area contributed by atoms with Gasteiger partial charge >= 0.3 is 35.7 Å². The number of nitrogens with one attached hydrogen (secondary N) is 2. The van der Waals surface area contributed by atoms with E-state index in [1.165, 1.54) is 11.1 Å². The Labute approximate surface area is 447 Å². The monoisotopic (exact) mass is 972 g/mol. The number of carbonyl (C=O) groups is 2. The Morgan fingerprint density at radius 2 is 1.01 bits per heavy atom. The van der Waals surface area contributed by atoms with Gasteiger partial charge in [-0.2, -0.15) is 7.11 Å². The van der Waals surface area contributed by atoms with Crippen molar-refractivity contribution in [1.82, 2.24) is 9.97 Å². The van der Waals surface area contributed by atoms with E-state index < -0.39 is 6.09 Å². The van der Waals surface area contributed by atoms with E-state index in [0.29, 0.717) is 42.9 Å². The largest absolute Gasteiger partial charge is 1.00 e. The predicted octanol–water partition coefficient (Wildman–Crippen LogP) is 9.05. The van der Waals surface area contributed by atoms with Crippen LogP contribution in [0, 0.1) is 11.8 Å². The van der Waals surface area contributed by atoms with E-state index in [4.69, 9.17) is 19.8 Å². The van der Waals surface area contributed by atoms with Crippen molar-refractivity contribution in [1.29, 1.82) is 0 Å². The second kappa shape index (κ2) is 27.2. The maximum atomic E-state index is 13.2. The number of rotatable bonds is 17. The van der Waals surface area contributed by atoms with E-state index >= 15 is 0 Å². The number of ether oxygens (including phenoxy) is 1. The molecule has 0 bridgehead atoms. The van der Waals surface area contributed by atoms with Gasteiger partial charge in [-0.3, -0.25) is 10.1 Å². The standard InChI is InChI=1S/C30H34N4O2.C29H29N3O.CH3O.Na/c1-4-36-30(35)33-28-27(31-19-22(2)3)25-17-11-12-18-26(25)32-29(28)34(20-23-13-7-5-8-14-23)21-24-15-9-6-10-16-24;1-21(2)18-32-27(33)17-25-28(32)24-15-9-10-16-26(24)30-29(25)31(19-22-11-5-3-6-12-22)20-23-13-7-4-8-14-23;1-2;/h5-18,22H,4,19-21H2,1-3H3,(H,31,32)(H,33,35);3-16,21H,17-20H2,1-2H3;1H3;/q;;-1;+1. The van der Waals surface area contributed by atoms with Crippen LogP contribution in [0.2, 0.25) is 0 Å². The van der Waals surface area contributed by atoms with E-state index in [0.717, 1.165) is 89.0 Å². The molecule has 0 spiro atoms. The molecule has 0 saturated carbocycles. The smallest absolute Gasteiger partial charge is 0.857 e. The van der Waals surface area contributed by atoms with Gasteiger partial charge in [-0.05, 0) is 53.1 Å². The maximum absolute atomic E-state index is 13.2. The number of benzene rings is 6. The van der Waals surface area contributed by atoms with Gasteiger partial charge < -0.3 is 29.9 Å². The zero-order chi connectivity index (χ0) is 50.1. The number of pyridine rings is 2. The van der Waals surface area contributed by atoms with Gasteiger partial charge in [0.15, 0.2) is 5.82 Å². The van der Waals surface area contributed by atoms with Gasteiger partial charge in [-0.1, -0.05) is 185 Å². The predicted molar refractivity (Wildman–Crippen MR) is 290 cm³/mol. The summed E-state index contributed by atoms with van der Waals surface area (Å²) in [6, 6.07) is 57.8. The molecule has 0 aliphatic carbocycles. The number of nitrogens with zero attached hydrogens (tertiary/aromatic N) is 5. The second-order valence-electron chi connectivity index (χ2n) is 18.3. The third kappa shape index (κ3) is 14.2. The molecule has 0 radical (unpaired) electrons. The minimum absolute atomic E-state index is 0. The summed E-state index contributed by atoms with van der Waals surface area (Å²) < 4.78 is 5.29. The molecule has 0 unspecified atom stereocenters. The first-order valence-corrected chi connectivity index (χ1v) is 24.5. The molecule has 1 aliphatic rings. The van der Waals surface area contributed by atoms with Gasteiger partial charge in [0, 0.05) is 55.6 Å². The molecule has 2 aromatic heterocycles. The van der Waals surface area contributed by atoms with E-state index in [1.54, 1.807) is 6.92 Å². The van der Waals surface area contributed by atoms with Crippen molar-refractivity contribution in [2.75, 3.05) is 52.1 Å². The molecule has 12 heteroatoms. The second-order valence-corrected chi connectivity index (χ2v) is 18.3. The first kappa shape index (κ1) is 54.6. The molecule has 0 saturated heterocycles. The molecule has 0 atom stereocenters.